The van der Waals surface area contributed by atoms with Crippen molar-refractivity contribution in [3.8, 4) is 5.75 Å². The molecule has 0 radical (unpaired) electrons. The van der Waals surface area contributed by atoms with Crippen molar-refractivity contribution in [2.24, 2.45) is 0 Å². The standard InChI is InChI=1S/C23H37NO3/c1-3-4-5-6-7-8-9-10-11-18-26-21-14-12-20(13-15-21)16-17-23(2)19-27-22(25)24-23/h12-15H,3-11,16-19H2,1-2H3,(H,24,25). The number of alkyl carbamates (subject to hydrolysis) is 1. The fraction of sp³-hybridized carbons (Fsp3) is 0.696. The Morgan fingerprint density at radius 1 is 1.00 bits per heavy atom. The third-order valence-electron chi connectivity index (χ3n) is 5.33. The van der Waals surface area contributed by atoms with Crippen LogP contribution < -0.4 is 10.1 Å². The van der Waals surface area contributed by atoms with Gasteiger partial charge in [0, 0.05) is 0 Å². The number of unbranched alkanes of at least 4 members (excludes halogenated alkanes) is 8. The molecule has 1 unspecified atom stereocenters. The Kier molecular flexibility index (Phi) is 9.51. The number of ether oxygens (including phenoxy) is 2. The summed E-state index contributed by atoms with van der Waals surface area (Å²) in [6.07, 6.45) is 13.5. The van der Waals surface area contributed by atoms with E-state index in [-0.39, 0.29) is 11.6 Å². The lowest BCUT2D eigenvalue weighted by Gasteiger charge is -2.20. The van der Waals surface area contributed by atoms with Crippen molar-refractivity contribution in [2.75, 3.05) is 13.2 Å². The van der Waals surface area contributed by atoms with Gasteiger partial charge in [-0.2, -0.15) is 0 Å². The summed E-state index contributed by atoms with van der Waals surface area (Å²) < 4.78 is 10.9. The minimum atomic E-state index is -0.308. The van der Waals surface area contributed by atoms with Crippen LogP contribution in [0.5, 0.6) is 5.75 Å². The molecule has 0 aromatic heterocycles. The maximum Gasteiger partial charge on any atom is 0.407 e. The van der Waals surface area contributed by atoms with Gasteiger partial charge in [-0.15, -0.1) is 0 Å². The molecule has 152 valence electrons. The summed E-state index contributed by atoms with van der Waals surface area (Å²) in [6, 6.07) is 8.34. The molecule has 0 bridgehead atoms. The Morgan fingerprint density at radius 2 is 1.63 bits per heavy atom. The van der Waals surface area contributed by atoms with E-state index in [1.807, 2.05) is 6.92 Å². The first-order valence-corrected chi connectivity index (χ1v) is 10.8. The zero-order chi connectivity index (χ0) is 19.4. The molecule has 2 rings (SSSR count). The summed E-state index contributed by atoms with van der Waals surface area (Å²) in [4.78, 5) is 11.2. The van der Waals surface area contributed by atoms with Crippen LogP contribution in [0.3, 0.4) is 0 Å². The smallest absolute Gasteiger partial charge is 0.407 e. The van der Waals surface area contributed by atoms with Gasteiger partial charge in [0.2, 0.25) is 0 Å². The summed E-state index contributed by atoms with van der Waals surface area (Å²) in [5.74, 6) is 0.946. The van der Waals surface area contributed by atoms with Crippen LogP contribution in [-0.4, -0.2) is 24.8 Å². The maximum atomic E-state index is 11.2. The van der Waals surface area contributed by atoms with Crippen LogP contribution in [0, 0.1) is 0 Å². The number of carbonyl (C=O) groups is 1. The topological polar surface area (TPSA) is 47.6 Å². The molecule has 4 nitrogen and oxygen atoms in total. The molecule has 1 saturated heterocycles. The lowest BCUT2D eigenvalue weighted by atomic mass is 9.95. The molecule has 1 aliphatic heterocycles. The normalized spacial score (nSPS) is 19.0. The maximum absolute atomic E-state index is 11.2. The van der Waals surface area contributed by atoms with Crippen molar-refractivity contribution in [1.29, 1.82) is 0 Å². The van der Waals surface area contributed by atoms with Crippen LogP contribution in [0.15, 0.2) is 24.3 Å². The van der Waals surface area contributed by atoms with Gasteiger partial charge < -0.3 is 14.8 Å². The Balaban J connectivity index is 1.52. The summed E-state index contributed by atoms with van der Waals surface area (Å²) in [6.45, 7) is 5.54. The molecule has 1 fully saturated rings. The summed E-state index contributed by atoms with van der Waals surface area (Å²) in [5, 5.41) is 2.89. The van der Waals surface area contributed by atoms with E-state index in [1.165, 1.54) is 56.9 Å². The van der Waals surface area contributed by atoms with Gasteiger partial charge in [-0.25, -0.2) is 4.79 Å². The average Bonchev–Trinajstić information content (AvgIpc) is 3.02. The van der Waals surface area contributed by atoms with Gasteiger partial charge in [0.1, 0.15) is 12.4 Å². The summed E-state index contributed by atoms with van der Waals surface area (Å²) in [7, 11) is 0. The van der Waals surface area contributed by atoms with Crippen molar-refractivity contribution < 1.29 is 14.3 Å². The van der Waals surface area contributed by atoms with E-state index < -0.39 is 0 Å². The fourth-order valence-electron chi connectivity index (χ4n) is 3.45. The molecule has 1 amide bonds. The predicted molar refractivity (Wildman–Crippen MR) is 110 cm³/mol. The van der Waals surface area contributed by atoms with Crippen LogP contribution in [0.25, 0.3) is 0 Å². The number of amides is 1. The fourth-order valence-corrected chi connectivity index (χ4v) is 3.45. The molecule has 0 spiro atoms. The molecule has 4 heteroatoms. The van der Waals surface area contributed by atoms with E-state index in [4.69, 9.17) is 9.47 Å². The van der Waals surface area contributed by atoms with Crippen molar-refractivity contribution in [1.82, 2.24) is 5.32 Å². The van der Waals surface area contributed by atoms with E-state index in [2.05, 4.69) is 36.5 Å². The minimum Gasteiger partial charge on any atom is -0.494 e. The SMILES string of the molecule is CCCCCCCCCCCOc1ccc(CCC2(C)COC(=O)N2)cc1. The van der Waals surface area contributed by atoms with Gasteiger partial charge >= 0.3 is 6.09 Å². The molecular formula is C23H37NO3. The number of carbonyl (C=O) groups excluding carboxylic acids is 1. The lowest BCUT2D eigenvalue weighted by molar-refractivity contribution is 0.172. The second-order valence-corrected chi connectivity index (χ2v) is 8.08. The summed E-state index contributed by atoms with van der Waals surface area (Å²) >= 11 is 0. The highest BCUT2D eigenvalue weighted by Crippen LogP contribution is 2.21. The highest BCUT2D eigenvalue weighted by molar-refractivity contribution is 5.70. The number of hydrogen-bond acceptors (Lipinski definition) is 3. The van der Waals surface area contributed by atoms with Crippen LogP contribution in [0.4, 0.5) is 4.79 Å². The molecule has 1 atom stereocenters. The molecule has 0 saturated carbocycles. The van der Waals surface area contributed by atoms with Crippen LogP contribution >= 0.6 is 0 Å². The van der Waals surface area contributed by atoms with Crippen molar-refractivity contribution >= 4 is 6.09 Å². The van der Waals surface area contributed by atoms with Crippen LogP contribution in [0.1, 0.15) is 83.6 Å². The zero-order valence-electron chi connectivity index (χ0n) is 17.2. The van der Waals surface area contributed by atoms with Gasteiger partial charge in [-0.1, -0.05) is 70.4 Å². The number of benzene rings is 1. The van der Waals surface area contributed by atoms with E-state index >= 15 is 0 Å². The molecular weight excluding hydrogens is 338 g/mol. The Morgan fingerprint density at radius 3 is 2.22 bits per heavy atom. The van der Waals surface area contributed by atoms with Crippen molar-refractivity contribution in [3.63, 3.8) is 0 Å². The lowest BCUT2D eigenvalue weighted by Crippen LogP contribution is -2.40. The van der Waals surface area contributed by atoms with E-state index in [9.17, 15) is 4.79 Å². The van der Waals surface area contributed by atoms with Crippen molar-refractivity contribution in [3.05, 3.63) is 29.8 Å². The highest BCUT2D eigenvalue weighted by Gasteiger charge is 2.34. The quantitative estimate of drug-likeness (QED) is 0.404. The predicted octanol–water partition coefficient (Wildman–Crippen LogP) is 6.03. The first kappa shape index (κ1) is 21.6. The van der Waals surface area contributed by atoms with Gasteiger partial charge in [-0.3, -0.25) is 0 Å². The Labute approximate surface area is 165 Å². The number of aryl methyl sites for hydroxylation is 1. The second-order valence-electron chi connectivity index (χ2n) is 8.08. The average molecular weight is 376 g/mol. The first-order chi connectivity index (χ1) is 13.1. The molecule has 1 aromatic rings. The van der Waals surface area contributed by atoms with Gasteiger partial charge in [-0.05, 0) is 43.9 Å². The first-order valence-electron chi connectivity index (χ1n) is 10.8. The van der Waals surface area contributed by atoms with Gasteiger partial charge in [0.05, 0.1) is 12.1 Å². The molecule has 0 aliphatic carbocycles. The third-order valence-corrected chi connectivity index (χ3v) is 5.33. The van der Waals surface area contributed by atoms with E-state index in [0.717, 1.165) is 31.6 Å². The molecule has 27 heavy (non-hydrogen) atoms. The summed E-state index contributed by atoms with van der Waals surface area (Å²) in [5.41, 5.74) is 1.01. The van der Waals surface area contributed by atoms with E-state index in [1.54, 1.807) is 0 Å². The van der Waals surface area contributed by atoms with Crippen LogP contribution in [0.2, 0.25) is 0 Å². The van der Waals surface area contributed by atoms with Gasteiger partial charge in [0.25, 0.3) is 0 Å². The third kappa shape index (κ3) is 8.68. The van der Waals surface area contributed by atoms with Crippen molar-refractivity contribution in [2.45, 2.75) is 90.0 Å². The largest absolute Gasteiger partial charge is 0.494 e. The Hall–Kier alpha value is -1.71. The molecule has 1 N–H and O–H groups in total. The Bertz CT molecular complexity index is 543. The van der Waals surface area contributed by atoms with Crippen LogP contribution in [-0.2, 0) is 11.2 Å². The zero-order valence-corrected chi connectivity index (χ0v) is 17.2. The molecule has 1 aromatic carbocycles. The monoisotopic (exact) mass is 375 g/mol. The van der Waals surface area contributed by atoms with E-state index in [0.29, 0.717) is 6.61 Å². The molecule has 1 aliphatic rings. The molecule has 1 heterocycles. The minimum absolute atomic E-state index is 0.248. The second kappa shape index (κ2) is 11.9. The number of rotatable bonds is 14. The number of hydrogen-bond donors (Lipinski definition) is 1. The number of nitrogens with one attached hydrogen (secondary N) is 1. The number of cyclic esters (lactones) is 1. The van der Waals surface area contributed by atoms with Gasteiger partial charge in [0.15, 0.2) is 0 Å². The highest BCUT2D eigenvalue weighted by atomic mass is 16.6.